The van der Waals surface area contributed by atoms with Gasteiger partial charge in [-0.3, -0.25) is 9.59 Å². The number of alkyl halides is 3. The average Bonchev–Trinajstić information content (AvgIpc) is 2.77. The van der Waals surface area contributed by atoms with Crippen molar-refractivity contribution in [2.75, 3.05) is 18.8 Å². The van der Waals surface area contributed by atoms with Gasteiger partial charge in [-0.25, -0.2) is 13.8 Å². The van der Waals surface area contributed by atoms with Gasteiger partial charge in [-0.15, -0.1) is 0 Å². The van der Waals surface area contributed by atoms with Gasteiger partial charge in [0.2, 0.25) is 11.8 Å². The molecular formula is C21H20ClF5N4O2S. The Morgan fingerprint density at radius 1 is 1.18 bits per heavy atom. The number of piperidine rings is 1. The molecule has 1 aromatic heterocycles. The number of rotatable bonds is 7. The number of amides is 2. The lowest BCUT2D eigenvalue weighted by atomic mass is 9.87. The second-order valence-corrected chi connectivity index (χ2v) is 8.97. The van der Waals surface area contributed by atoms with Crippen LogP contribution in [-0.2, 0) is 22.3 Å². The molecule has 0 atom stereocenters. The van der Waals surface area contributed by atoms with Crippen LogP contribution in [0.25, 0.3) is 0 Å². The van der Waals surface area contributed by atoms with Gasteiger partial charge in [0.05, 0.1) is 16.3 Å². The summed E-state index contributed by atoms with van der Waals surface area (Å²) in [7, 11) is 0. The van der Waals surface area contributed by atoms with E-state index in [1.165, 1.54) is 6.07 Å². The minimum atomic E-state index is -4.59. The average molecular weight is 523 g/mol. The van der Waals surface area contributed by atoms with Crippen molar-refractivity contribution < 1.29 is 31.5 Å². The fourth-order valence-electron chi connectivity index (χ4n) is 3.40. The summed E-state index contributed by atoms with van der Waals surface area (Å²) in [6.45, 7) is 0.686. The summed E-state index contributed by atoms with van der Waals surface area (Å²) in [5, 5.41) is 8.17. The Morgan fingerprint density at radius 2 is 1.88 bits per heavy atom. The van der Waals surface area contributed by atoms with Gasteiger partial charge in [-0.2, -0.15) is 13.2 Å². The summed E-state index contributed by atoms with van der Waals surface area (Å²) in [4.78, 5) is 29.3. The summed E-state index contributed by atoms with van der Waals surface area (Å²) in [6, 6.07) is 3.73. The lowest BCUT2D eigenvalue weighted by Gasteiger charge is -2.37. The zero-order valence-electron chi connectivity index (χ0n) is 17.6. The molecule has 0 aliphatic carbocycles. The normalized spacial score (nSPS) is 15.6. The number of halogens is 6. The minimum absolute atomic E-state index is 0.0421. The van der Waals surface area contributed by atoms with Crippen molar-refractivity contribution in [2.24, 2.45) is 0 Å². The summed E-state index contributed by atoms with van der Waals surface area (Å²) < 4.78 is 65.2. The summed E-state index contributed by atoms with van der Waals surface area (Å²) in [6.07, 6.45) is -3.44. The van der Waals surface area contributed by atoms with Crippen molar-refractivity contribution in [3.05, 3.63) is 58.2 Å². The lowest BCUT2D eigenvalue weighted by molar-refractivity contribution is -0.137. The minimum Gasteiger partial charge on any atom is -0.350 e. The Kier molecular flexibility index (Phi) is 8.37. The highest BCUT2D eigenvalue weighted by Gasteiger charge is 2.41. The van der Waals surface area contributed by atoms with Crippen molar-refractivity contribution in [3.63, 3.8) is 0 Å². The van der Waals surface area contributed by atoms with Crippen LogP contribution in [0.3, 0.4) is 0 Å². The molecule has 3 N–H and O–H groups in total. The van der Waals surface area contributed by atoms with Crippen molar-refractivity contribution in [2.45, 2.75) is 36.1 Å². The van der Waals surface area contributed by atoms with E-state index in [-0.39, 0.29) is 40.8 Å². The van der Waals surface area contributed by atoms with Crippen LogP contribution in [0.2, 0.25) is 5.02 Å². The number of thioether (sulfide) groups is 1. The van der Waals surface area contributed by atoms with Gasteiger partial charge in [-0.05, 0) is 38.1 Å². The molecule has 34 heavy (non-hydrogen) atoms. The largest absolute Gasteiger partial charge is 0.417 e. The van der Waals surface area contributed by atoms with Crippen molar-refractivity contribution >= 4 is 35.2 Å². The predicted octanol–water partition coefficient (Wildman–Crippen LogP) is 3.68. The van der Waals surface area contributed by atoms with Crippen LogP contribution in [0, 0.1) is 11.6 Å². The lowest BCUT2D eigenvalue weighted by Crippen LogP contribution is -2.63. The van der Waals surface area contributed by atoms with Crippen LogP contribution in [0.5, 0.6) is 0 Å². The van der Waals surface area contributed by atoms with Crippen LogP contribution in [0.4, 0.5) is 22.0 Å². The zero-order valence-corrected chi connectivity index (χ0v) is 19.1. The fraction of sp³-hybridized carbons (Fsp3) is 0.381. The monoisotopic (exact) mass is 522 g/mol. The van der Waals surface area contributed by atoms with E-state index in [0.717, 1.165) is 23.9 Å². The van der Waals surface area contributed by atoms with Crippen molar-refractivity contribution in [1.82, 2.24) is 20.9 Å². The maximum atomic E-state index is 13.9. The molecule has 13 heteroatoms. The first-order chi connectivity index (χ1) is 16.0. The van der Waals surface area contributed by atoms with E-state index in [1.807, 2.05) is 0 Å². The first kappa shape index (κ1) is 26.2. The van der Waals surface area contributed by atoms with Gasteiger partial charge < -0.3 is 16.0 Å². The van der Waals surface area contributed by atoms with Crippen LogP contribution in [0.15, 0.2) is 35.5 Å². The molecule has 0 radical (unpaired) electrons. The van der Waals surface area contributed by atoms with E-state index in [1.54, 1.807) is 0 Å². The Labute approximate surface area is 201 Å². The van der Waals surface area contributed by atoms with Gasteiger partial charge in [0, 0.05) is 24.4 Å². The van der Waals surface area contributed by atoms with Gasteiger partial charge in [-0.1, -0.05) is 29.4 Å². The number of aromatic nitrogens is 1. The topological polar surface area (TPSA) is 83.1 Å². The van der Waals surface area contributed by atoms with Crippen LogP contribution < -0.4 is 16.0 Å². The molecule has 0 unspecified atom stereocenters. The predicted molar refractivity (Wildman–Crippen MR) is 116 cm³/mol. The second-order valence-electron chi connectivity index (χ2n) is 7.60. The molecule has 1 aliphatic rings. The summed E-state index contributed by atoms with van der Waals surface area (Å²) >= 11 is 6.70. The molecule has 1 fully saturated rings. The molecule has 1 aliphatic heterocycles. The third-order valence-corrected chi connectivity index (χ3v) is 6.61. The highest BCUT2D eigenvalue weighted by Crippen LogP contribution is 2.33. The molecule has 0 saturated carbocycles. The maximum absolute atomic E-state index is 13.9. The van der Waals surface area contributed by atoms with Crippen LogP contribution in [0.1, 0.15) is 24.0 Å². The van der Waals surface area contributed by atoms with Crippen LogP contribution in [-0.4, -0.2) is 41.2 Å². The fourth-order valence-corrected chi connectivity index (χ4v) is 4.39. The standard InChI is InChI=1S/C21H20ClF5N4O2S/c22-15-7-13(21(25,26)27)10-29-18(15)34-11-17(32)31-20(3-5-28-6-4-20)19(33)30-9-12-1-2-14(23)8-16(12)24/h1-2,7-8,10,28H,3-6,9,11H2,(H,30,33)(H,31,32). The highest BCUT2D eigenvalue weighted by atomic mass is 35.5. The van der Waals surface area contributed by atoms with Gasteiger partial charge in [0.15, 0.2) is 0 Å². The third-order valence-electron chi connectivity index (χ3n) is 5.20. The smallest absolute Gasteiger partial charge is 0.350 e. The second kappa shape index (κ2) is 10.9. The number of benzene rings is 1. The molecule has 1 aromatic carbocycles. The Hall–Kier alpha value is -2.44. The van der Waals surface area contributed by atoms with Crippen LogP contribution >= 0.6 is 23.4 Å². The molecule has 2 aromatic rings. The molecule has 2 heterocycles. The number of nitrogens with one attached hydrogen (secondary N) is 3. The Bertz CT molecular complexity index is 1060. The quantitative estimate of drug-likeness (QED) is 0.382. The SMILES string of the molecule is O=C(CSc1ncc(C(F)(F)F)cc1Cl)NC1(C(=O)NCc2ccc(F)cc2F)CCNCC1. The first-order valence-electron chi connectivity index (χ1n) is 10.1. The highest BCUT2D eigenvalue weighted by molar-refractivity contribution is 8.00. The molecule has 1 saturated heterocycles. The number of nitrogens with zero attached hydrogens (tertiary/aromatic N) is 1. The van der Waals surface area contributed by atoms with Crippen molar-refractivity contribution in [3.8, 4) is 0 Å². The Balaban J connectivity index is 1.63. The molecule has 0 spiro atoms. The first-order valence-corrected chi connectivity index (χ1v) is 11.5. The van der Waals surface area contributed by atoms with E-state index in [0.29, 0.717) is 25.4 Å². The number of carbonyl (C=O) groups is 2. The molecule has 6 nitrogen and oxygen atoms in total. The van der Waals surface area contributed by atoms with E-state index in [9.17, 15) is 31.5 Å². The number of hydrogen-bond acceptors (Lipinski definition) is 5. The van der Waals surface area contributed by atoms with Gasteiger partial charge in [0.1, 0.15) is 22.2 Å². The number of hydrogen-bond donors (Lipinski definition) is 3. The molecule has 2 amide bonds. The zero-order chi connectivity index (χ0) is 24.9. The van der Waals surface area contributed by atoms with E-state index in [2.05, 4.69) is 20.9 Å². The Morgan fingerprint density at radius 3 is 2.50 bits per heavy atom. The molecule has 3 rings (SSSR count). The van der Waals surface area contributed by atoms with E-state index < -0.39 is 40.7 Å². The number of pyridine rings is 1. The van der Waals surface area contributed by atoms with Crippen molar-refractivity contribution in [1.29, 1.82) is 0 Å². The molecule has 184 valence electrons. The van der Waals surface area contributed by atoms with Gasteiger partial charge in [0.25, 0.3) is 0 Å². The third kappa shape index (κ3) is 6.57. The summed E-state index contributed by atoms with van der Waals surface area (Å²) in [5.74, 6) is -2.86. The van der Waals surface area contributed by atoms with E-state index >= 15 is 0 Å². The van der Waals surface area contributed by atoms with Gasteiger partial charge >= 0.3 is 6.18 Å². The van der Waals surface area contributed by atoms with E-state index in [4.69, 9.17) is 11.6 Å². The molecule has 0 bridgehead atoms. The maximum Gasteiger partial charge on any atom is 0.417 e. The molecular weight excluding hydrogens is 503 g/mol. The number of carbonyl (C=O) groups excluding carboxylic acids is 2. The summed E-state index contributed by atoms with van der Waals surface area (Å²) in [5.41, 5.74) is -2.19.